The molecular weight excluding hydrogens is 250 g/mol. The lowest BCUT2D eigenvalue weighted by molar-refractivity contribution is -0.121. The van der Waals surface area contributed by atoms with E-state index in [9.17, 15) is 4.79 Å². The van der Waals surface area contributed by atoms with Gasteiger partial charge in [-0.1, -0.05) is 19.9 Å². The lowest BCUT2D eigenvalue weighted by Gasteiger charge is -2.32. The van der Waals surface area contributed by atoms with Gasteiger partial charge in [-0.05, 0) is 51.4 Å². The number of rotatable bonds is 6. The van der Waals surface area contributed by atoms with Gasteiger partial charge in [-0.25, -0.2) is 0 Å². The van der Waals surface area contributed by atoms with E-state index in [4.69, 9.17) is 5.73 Å². The van der Waals surface area contributed by atoms with Crippen molar-refractivity contribution >= 4 is 17.3 Å². The van der Waals surface area contributed by atoms with Crippen LogP contribution in [0.3, 0.4) is 0 Å². The van der Waals surface area contributed by atoms with Crippen molar-refractivity contribution in [3.8, 4) is 0 Å². The molecule has 1 aromatic rings. The molecule has 20 heavy (non-hydrogen) atoms. The first-order valence-corrected chi connectivity index (χ1v) is 7.33. The third kappa shape index (κ3) is 3.97. The van der Waals surface area contributed by atoms with E-state index in [1.165, 1.54) is 0 Å². The molecule has 0 fully saturated rings. The van der Waals surface area contributed by atoms with Gasteiger partial charge in [0, 0.05) is 17.4 Å². The fourth-order valence-electron chi connectivity index (χ4n) is 2.36. The molecule has 0 saturated carbocycles. The Labute approximate surface area is 122 Å². The molecule has 0 aromatic heterocycles. The molecule has 0 radical (unpaired) electrons. The summed E-state index contributed by atoms with van der Waals surface area (Å²) in [6.07, 6.45) is 1.03. The third-order valence-electron chi connectivity index (χ3n) is 3.92. The number of likely N-dealkylation sites (N-methyl/N-ethyl adjacent to an activating group) is 1. The van der Waals surface area contributed by atoms with Gasteiger partial charge in [0.1, 0.15) is 0 Å². The summed E-state index contributed by atoms with van der Waals surface area (Å²) in [7, 11) is 0. The fourth-order valence-corrected chi connectivity index (χ4v) is 2.36. The molecule has 3 N–H and O–H groups in total. The van der Waals surface area contributed by atoms with Crippen LogP contribution in [0.5, 0.6) is 0 Å². The summed E-state index contributed by atoms with van der Waals surface area (Å²) in [5.74, 6) is 0.0147. The number of hydrogen-bond acceptors (Lipinski definition) is 3. The van der Waals surface area contributed by atoms with E-state index in [-0.39, 0.29) is 11.9 Å². The SMILES string of the molecule is CCC(C)N(CC)C(C)C(=O)Nc1cc(N)ccc1C. The van der Waals surface area contributed by atoms with E-state index in [2.05, 4.69) is 31.0 Å². The lowest BCUT2D eigenvalue weighted by Crippen LogP contribution is -2.46. The van der Waals surface area contributed by atoms with Crippen LogP contribution in [0.25, 0.3) is 0 Å². The van der Waals surface area contributed by atoms with Crippen LogP contribution >= 0.6 is 0 Å². The first kappa shape index (κ1) is 16.5. The van der Waals surface area contributed by atoms with E-state index >= 15 is 0 Å². The molecule has 0 bridgehead atoms. The Morgan fingerprint density at radius 3 is 2.55 bits per heavy atom. The van der Waals surface area contributed by atoms with Crippen molar-refractivity contribution in [1.82, 2.24) is 4.90 Å². The summed E-state index contributed by atoms with van der Waals surface area (Å²) in [5.41, 5.74) is 8.25. The van der Waals surface area contributed by atoms with Crippen LogP contribution in [-0.2, 0) is 4.79 Å². The predicted molar refractivity (Wildman–Crippen MR) is 85.8 cm³/mol. The van der Waals surface area contributed by atoms with Gasteiger partial charge in [-0.15, -0.1) is 0 Å². The molecule has 0 aliphatic heterocycles. The lowest BCUT2D eigenvalue weighted by atomic mass is 10.1. The van der Waals surface area contributed by atoms with Gasteiger partial charge in [0.05, 0.1) is 6.04 Å². The number of nitrogens with zero attached hydrogens (tertiary/aromatic N) is 1. The molecule has 0 heterocycles. The molecule has 1 rings (SSSR count). The highest BCUT2D eigenvalue weighted by Crippen LogP contribution is 2.19. The summed E-state index contributed by atoms with van der Waals surface area (Å²) in [6.45, 7) is 11.2. The van der Waals surface area contributed by atoms with E-state index < -0.39 is 0 Å². The standard InChI is InChI=1S/C16H27N3O/c1-6-12(4)19(7-2)13(5)16(20)18-15-10-14(17)9-8-11(15)3/h8-10,12-13H,6-7,17H2,1-5H3,(H,18,20). The maximum absolute atomic E-state index is 12.4. The molecule has 2 unspecified atom stereocenters. The largest absolute Gasteiger partial charge is 0.399 e. The summed E-state index contributed by atoms with van der Waals surface area (Å²) in [6, 6.07) is 5.80. The number of anilines is 2. The highest BCUT2D eigenvalue weighted by Gasteiger charge is 2.23. The third-order valence-corrected chi connectivity index (χ3v) is 3.92. The predicted octanol–water partition coefficient (Wildman–Crippen LogP) is 3.02. The van der Waals surface area contributed by atoms with Gasteiger partial charge >= 0.3 is 0 Å². The van der Waals surface area contributed by atoms with Crippen molar-refractivity contribution < 1.29 is 4.79 Å². The molecule has 112 valence electrons. The highest BCUT2D eigenvalue weighted by atomic mass is 16.2. The van der Waals surface area contributed by atoms with E-state index in [0.717, 1.165) is 24.2 Å². The number of benzene rings is 1. The van der Waals surface area contributed by atoms with E-state index in [1.807, 2.05) is 26.0 Å². The van der Waals surface area contributed by atoms with Gasteiger partial charge in [-0.3, -0.25) is 9.69 Å². The zero-order valence-corrected chi connectivity index (χ0v) is 13.2. The molecule has 1 aromatic carbocycles. The van der Waals surface area contributed by atoms with Crippen LogP contribution in [0.15, 0.2) is 18.2 Å². The van der Waals surface area contributed by atoms with Gasteiger partial charge in [0.25, 0.3) is 0 Å². The Morgan fingerprint density at radius 1 is 1.35 bits per heavy atom. The van der Waals surface area contributed by atoms with Crippen LogP contribution in [0.4, 0.5) is 11.4 Å². The van der Waals surface area contributed by atoms with Gasteiger partial charge in [0.2, 0.25) is 5.91 Å². The van der Waals surface area contributed by atoms with E-state index in [0.29, 0.717) is 11.7 Å². The maximum Gasteiger partial charge on any atom is 0.241 e. The summed E-state index contributed by atoms with van der Waals surface area (Å²) < 4.78 is 0. The van der Waals surface area contributed by atoms with Crippen LogP contribution in [0.2, 0.25) is 0 Å². The van der Waals surface area contributed by atoms with Crippen molar-refractivity contribution in [2.75, 3.05) is 17.6 Å². The van der Waals surface area contributed by atoms with Gasteiger partial charge in [0.15, 0.2) is 0 Å². The van der Waals surface area contributed by atoms with Crippen molar-refractivity contribution in [2.24, 2.45) is 0 Å². The van der Waals surface area contributed by atoms with Crippen molar-refractivity contribution in [3.05, 3.63) is 23.8 Å². The number of amides is 1. The Kier molecular flexibility index (Phi) is 6.02. The molecule has 0 aliphatic carbocycles. The van der Waals surface area contributed by atoms with Crippen LogP contribution in [0.1, 0.15) is 39.7 Å². The molecule has 0 saturated heterocycles. The second-order valence-electron chi connectivity index (χ2n) is 5.33. The van der Waals surface area contributed by atoms with Crippen molar-refractivity contribution in [2.45, 2.75) is 53.1 Å². The number of nitrogens with two attached hydrogens (primary N) is 1. The molecule has 0 aliphatic rings. The Hall–Kier alpha value is -1.55. The van der Waals surface area contributed by atoms with Crippen LogP contribution < -0.4 is 11.1 Å². The zero-order chi connectivity index (χ0) is 15.3. The number of carbonyl (C=O) groups is 1. The Bertz CT molecular complexity index is 459. The zero-order valence-electron chi connectivity index (χ0n) is 13.2. The topological polar surface area (TPSA) is 58.4 Å². The number of carbonyl (C=O) groups excluding carboxylic acids is 1. The molecule has 4 nitrogen and oxygen atoms in total. The average molecular weight is 277 g/mol. The minimum Gasteiger partial charge on any atom is -0.399 e. The van der Waals surface area contributed by atoms with Crippen molar-refractivity contribution in [3.63, 3.8) is 0 Å². The Balaban J connectivity index is 2.81. The second kappa shape index (κ2) is 7.29. The maximum atomic E-state index is 12.4. The summed E-state index contributed by atoms with van der Waals surface area (Å²) in [5, 5.41) is 2.98. The molecule has 4 heteroatoms. The number of nitrogens with one attached hydrogen (secondary N) is 1. The quantitative estimate of drug-likeness (QED) is 0.786. The molecule has 2 atom stereocenters. The van der Waals surface area contributed by atoms with Gasteiger partial charge in [-0.2, -0.15) is 0 Å². The second-order valence-corrected chi connectivity index (χ2v) is 5.33. The monoisotopic (exact) mass is 277 g/mol. The van der Waals surface area contributed by atoms with E-state index in [1.54, 1.807) is 6.07 Å². The summed E-state index contributed by atoms with van der Waals surface area (Å²) in [4.78, 5) is 14.6. The van der Waals surface area contributed by atoms with Crippen LogP contribution in [-0.4, -0.2) is 29.4 Å². The smallest absolute Gasteiger partial charge is 0.241 e. The van der Waals surface area contributed by atoms with Crippen molar-refractivity contribution in [1.29, 1.82) is 0 Å². The average Bonchev–Trinajstić information content (AvgIpc) is 2.43. The minimum atomic E-state index is -0.157. The van der Waals surface area contributed by atoms with Gasteiger partial charge < -0.3 is 11.1 Å². The minimum absolute atomic E-state index is 0.0147. The number of nitrogen functional groups attached to an aromatic ring is 1. The normalized spacial score (nSPS) is 14.1. The first-order chi connectivity index (χ1) is 9.40. The molecular formula is C16H27N3O. The number of aryl methyl sites for hydroxylation is 1. The first-order valence-electron chi connectivity index (χ1n) is 7.33. The summed E-state index contributed by atoms with van der Waals surface area (Å²) >= 11 is 0. The molecule has 0 spiro atoms. The Morgan fingerprint density at radius 2 is 2.00 bits per heavy atom. The molecule has 1 amide bonds. The number of hydrogen-bond donors (Lipinski definition) is 2. The van der Waals surface area contributed by atoms with Crippen LogP contribution in [0, 0.1) is 6.92 Å². The fraction of sp³-hybridized carbons (Fsp3) is 0.562. The highest BCUT2D eigenvalue weighted by molar-refractivity contribution is 5.95.